The van der Waals surface area contributed by atoms with Gasteiger partial charge in [0.1, 0.15) is 11.6 Å². The van der Waals surface area contributed by atoms with Crippen molar-refractivity contribution in [3.8, 4) is 11.3 Å². The summed E-state index contributed by atoms with van der Waals surface area (Å²) in [6.45, 7) is 2.05. The lowest BCUT2D eigenvalue weighted by atomic mass is 9.95. The molecule has 34 heavy (non-hydrogen) atoms. The summed E-state index contributed by atoms with van der Waals surface area (Å²) in [4.78, 5) is 42.3. The van der Waals surface area contributed by atoms with E-state index in [1.807, 2.05) is 17.5 Å². The molecule has 0 atom stereocenters. The number of benzene rings is 2. The summed E-state index contributed by atoms with van der Waals surface area (Å²) in [5, 5.41) is 7.85. The van der Waals surface area contributed by atoms with Gasteiger partial charge in [-0.25, -0.2) is 13.8 Å². The predicted octanol–water partition coefficient (Wildman–Crippen LogP) is 4.54. The van der Waals surface area contributed by atoms with Gasteiger partial charge in [-0.3, -0.25) is 14.4 Å². The zero-order valence-corrected chi connectivity index (χ0v) is 19.1. The molecule has 0 unspecified atom stereocenters. The highest BCUT2D eigenvalue weighted by molar-refractivity contribution is 7.14. The maximum Gasteiger partial charge on any atom is 0.256 e. The van der Waals surface area contributed by atoms with Crippen LogP contribution in [-0.2, 0) is 9.59 Å². The largest absolute Gasteiger partial charge is 0.339 e. The lowest BCUT2D eigenvalue weighted by molar-refractivity contribution is -0.121. The number of hydrogen-bond acceptors (Lipinski definition) is 5. The molecule has 1 saturated heterocycles. The second-order valence-corrected chi connectivity index (χ2v) is 8.83. The fraction of sp³-hybridized carbons (Fsp3) is 0.250. The van der Waals surface area contributed by atoms with Gasteiger partial charge in [0.2, 0.25) is 11.8 Å². The van der Waals surface area contributed by atoms with Crippen LogP contribution >= 0.6 is 11.3 Å². The number of rotatable bonds is 5. The van der Waals surface area contributed by atoms with Crippen molar-refractivity contribution in [3.63, 3.8) is 0 Å². The second-order valence-electron chi connectivity index (χ2n) is 7.98. The minimum atomic E-state index is -0.894. The highest BCUT2D eigenvalue weighted by Gasteiger charge is 2.29. The summed E-state index contributed by atoms with van der Waals surface area (Å²) in [5.41, 5.74) is 2.07. The number of thiazole rings is 1. The highest BCUT2D eigenvalue weighted by atomic mass is 32.1. The third kappa shape index (κ3) is 5.45. The number of hydrogen-bond donors (Lipinski definition) is 2. The van der Waals surface area contributed by atoms with Crippen molar-refractivity contribution in [2.75, 3.05) is 23.7 Å². The van der Waals surface area contributed by atoms with Crippen molar-refractivity contribution >= 4 is 39.9 Å². The number of amides is 3. The van der Waals surface area contributed by atoms with Crippen LogP contribution in [0.4, 0.5) is 19.6 Å². The highest BCUT2D eigenvalue weighted by Crippen LogP contribution is 2.28. The molecule has 10 heteroatoms. The molecule has 3 aromatic rings. The standard InChI is InChI=1S/C24H22F2N4O3S/c1-14(31)27-18-5-2-15(3-6-18)21-13-34-24(28-21)29-22(32)16-8-10-30(11-9-16)23(33)19-7-4-17(25)12-20(19)26/h2-7,12-13,16H,8-11H2,1H3,(H,27,31)(H,28,29,32). The van der Waals surface area contributed by atoms with Gasteiger partial charge >= 0.3 is 0 Å². The third-order valence-corrected chi connectivity index (χ3v) is 6.31. The fourth-order valence-corrected chi connectivity index (χ4v) is 4.50. The SMILES string of the molecule is CC(=O)Nc1ccc(-c2csc(NC(=O)C3CCN(C(=O)c4ccc(F)cc4F)CC3)n2)cc1. The summed E-state index contributed by atoms with van der Waals surface area (Å²) in [6.07, 6.45) is 0.868. The van der Waals surface area contributed by atoms with Crippen molar-refractivity contribution in [1.29, 1.82) is 0 Å². The van der Waals surface area contributed by atoms with E-state index in [9.17, 15) is 23.2 Å². The number of halogens is 2. The summed E-state index contributed by atoms with van der Waals surface area (Å²) < 4.78 is 27.0. The smallest absolute Gasteiger partial charge is 0.256 e. The van der Waals surface area contributed by atoms with Crippen molar-refractivity contribution in [1.82, 2.24) is 9.88 Å². The lowest BCUT2D eigenvalue weighted by Gasteiger charge is -2.31. The second kappa shape index (κ2) is 10.1. The van der Waals surface area contributed by atoms with Crippen LogP contribution in [0.1, 0.15) is 30.1 Å². The van der Waals surface area contributed by atoms with E-state index in [1.54, 1.807) is 12.1 Å². The first-order chi connectivity index (χ1) is 16.3. The summed E-state index contributed by atoms with van der Waals surface area (Å²) in [6, 6.07) is 10.1. The first-order valence-electron chi connectivity index (χ1n) is 10.7. The van der Waals surface area contributed by atoms with Gasteiger partial charge in [0.05, 0.1) is 11.3 Å². The summed E-state index contributed by atoms with van der Waals surface area (Å²) >= 11 is 1.31. The topological polar surface area (TPSA) is 91.4 Å². The molecular weight excluding hydrogens is 462 g/mol. The van der Waals surface area contributed by atoms with E-state index < -0.39 is 17.5 Å². The van der Waals surface area contributed by atoms with Crippen LogP contribution in [-0.4, -0.2) is 40.7 Å². The van der Waals surface area contributed by atoms with Gasteiger partial charge in [-0.05, 0) is 37.1 Å². The maximum atomic E-state index is 13.9. The van der Waals surface area contributed by atoms with E-state index in [2.05, 4.69) is 15.6 Å². The summed E-state index contributed by atoms with van der Waals surface area (Å²) in [7, 11) is 0. The van der Waals surface area contributed by atoms with Crippen LogP contribution in [0.25, 0.3) is 11.3 Å². The Bertz CT molecular complexity index is 1220. The van der Waals surface area contributed by atoms with Crippen LogP contribution in [0.3, 0.4) is 0 Å². The van der Waals surface area contributed by atoms with Crippen molar-refractivity contribution in [3.05, 3.63) is 65.0 Å². The first-order valence-corrected chi connectivity index (χ1v) is 11.6. The molecule has 2 heterocycles. The van der Waals surface area contributed by atoms with Gasteiger partial charge in [0.25, 0.3) is 5.91 Å². The van der Waals surface area contributed by atoms with E-state index >= 15 is 0 Å². The van der Waals surface area contributed by atoms with E-state index in [4.69, 9.17) is 0 Å². The van der Waals surface area contributed by atoms with Gasteiger partial charge in [-0.15, -0.1) is 11.3 Å². The molecule has 7 nitrogen and oxygen atoms in total. The normalized spacial score (nSPS) is 14.0. The fourth-order valence-electron chi connectivity index (χ4n) is 3.78. The molecule has 1 aliphatic heterocycles. The number of nitrogens with zero attached hydrogens (tertiary/aromatic N) is 2. The molecule has 176 valence electrons. The van der Waals surface area contributed by atoms with Crippen molar-refractivity contribution in [2.45, 2.75) is 19.8 Å². The third-order valence-electron chi connectivity index (χ3n) is 5.55. The first kappa shape index (κ1) is 23.5. The molecule has 0 aliphatic carbocycles. The van der Waals surface area contributed by atoms with Crippen LogP contribution in [0.5, 0.6) is 0 Å². The Morgan fingerprint density at radius 3 is 2.38 bits per heavy atom. The number of carbonyl (C=O) groups is 3. The predicted molar refractivity (Wildman–Crippen MR) is 125 cm³/mol. The van der Waals surface area contributed by atoms with Gasteiger partial charge in [0, 0.05) is 48.6 Å². The lowest BCUT2D eigenvalue weighted by Crippen LogP contribution is -2.41. The summed E-state index contributed by atoms with van der Waals surface area (Å²) in [5.74, 6) is -2.77. The molecule has 2 aromatic carbocycles. The van der Waals surface area contributed by atoms with E-state index in [1.165, 1.54) is 23.2 Å². The van der Waals surface area contributed by atoms with Gasteiger partial charge in [0.15, 0.2) is 5.13 Å². The maximum absolute atomic E-state index is 13.9. The number of anilines is 2. The quantitative estimate of drug-likeness (QED) is 0.556. The number of nitrogens with one attached hydrogen (secondary N) is 2. The van der Waals surface area contributed by atoms with E-state index in [0.717, 1.165) is 17.7 Å². The number of aromatic nitrogens is 1. The van der Waals surface area contributed by atoms with Crippen molar-refractivity contribution in [2.24, 2.45) is 5.92 Å². The van der Waals surface area contributed by atoms with Crippen LogP contribution < -0.4 is 10.6 Å². The monoisotopic (exact) mass is 484 g/mol. The van der Waals surface area contributed by atoms with Crippen LogP contribution in [0.2, 0.25) is 0 Å². The Hall–Kier alpha value is -3.66. The minimum absolute atomic E-state index is 0.149. The zero-order valence-electron chi connectivity index (χ0n) is 18.3. The van der Waals surface area contributed by atoms with Crippen LogP contribution in [0, 0.1) is 17.6 Å². The molecule has 0 saturated carbocycles. The molecule has 1 aromatic heterocycles. The molecule has 1 aliphatic rings. The molecule has 3 amide bonds. The molecular formula is C24H22F2N4O3S. The molecule has 0 radical (unpaired) electrons. The van der Waals surface area contributed by atoms with Gasteiger partial charge in [-0.1, -0.05) is 12.1 Å². The Labute approximate surface area is 198 Å². The number of carbonyl (C=O) groups excluding carboxylic acids is 3. The molecule has 4 rings (SSSR count). The Morgan fingerprint density at radius 2 is 1.74 bits per heavy atom. The molecule has 0 bridgehead atoms. The average molecular weight is 485 g/mol. The van der Waals surface area contributed by atoms with Crippen LogP contribution in [0.15, 0.2) is 47.8 Å². The number of piperidine rings is 1. The number of likely N-dealkylation sites (tertiary alicyclic amines) is 1. The Morgan fingerprint density at radius 1 is 1.03 bits per heavy atom. The zero-order chi connectivity index (χ0) is 24.2. The van der Waals surface area contributed by atoms with Gasteiger partial charge < -0.3 is 15.5 Å². The molecule has 0 spiro atoms. The van der Waals surface area contributed by atoms with Crippen molar-refractivity contribution < 1.29 is 23.2 Å². The Balaban J connectivity index is 1.32. The Kier molecular flexibility index (Phi) is 6.97. The van der Waals surface area contributed by atoms with E-state index in [0.29, 0.717) is 48.5 Å². The van der Waals surface area contributed by atoms with E-state index in [-0.39, 0.29) is 23.3 Å². The van der Waals surface area contributed by atoms with Gasteiger partial charge in [-0.2, -0.15) is 0 Å². The molecule has 2 N–H and O–H groups in total. The molecule has 1 fully saturated rings. The average Bonchev–Trinajstić information content (AvgIpc) is 3.27. The minimum Gasteiger partial charge on any atom is -0.339 e.